The fraction of sp³-hybridized carbons (Fsp3) is 0.0690. The summed E-state index contributed by atoms with van der Waals surface area (Å²) in [5.74, 6) is 2.01. The van der Waals surface area contributed by atoms with E-state index in [-0.39, 0.29) is 26.5 Å². The zero-order valence-electron chi connectivity index (χ0n) is 35.8. The molecule has 0 radical (unpaired) electrons. The Morgan fingerprint density at radius 3 is 1.75 bits per heavy atom. The van der Waals surface area contributed by atoms with Crippen molar-refractivity contribution in [2.24, 2.45) is 0 Å². The van der Waals surface area contributed by atoms with Gasteiger partial charge in [-0.15, -0.1) is 29.7 Å². The molecular weight excluding hydrogens is 978 g/mol. The minimum atomic E-state index is -0.0299. The van der Waals surface area contributed by atoms with E-state index < -0.39 is 0 Å². The van der Waals surface area contributed by atoms with Gasteiger partial charge in [-0.1, -0.05) is 135 Å². The van der Waals surface area contributed by atoms with E-state index in [9.17, 15) is 0 Å². The second kappa shape index (κ2) is 14.8. The van der Waals surface area contributed by atoms with Crippen molar-refractivity contribution >= 4 is 87.2 Å². The van der Waals surface area contributed by atoms with Gasteiger partial charge in [-0.25, -0.2) is 4.98 Å². The van der Waals surface area contributed by atoms with Crippen LogP contribution in [0.1, 0.15) is 26.3 Å². The largest absolute Gasteiger partial charge is 0.510 e. The van der Waals surface area contributed by atoms with Crippen LogP contribution in [-0.4, -0.2) is 18.4 Å². The predicted molar refractivity (Wildman–Crippen MR) is 260 cm³/mol. The monoisotopic (exact) mass is 1020 g/mol. The van der Waals surface area contributed by atoms with E-state index in [4.69, 9.17) is 9.72 Å². The van der Waals surface area contributed by atoms with Crippen LogP contribution in [0.25, 0.3) is 98.7 Å². The smallest absolute Gasteiger partial charge is 0.268 e. The Hall–Kier alpha value is -7.53. The first-order chi connectivity index (χ1) is 31.4. The van der Waals surface area contributed by atoms with Gasteiger partial charge in [0.05, 0.1) is 33.1 Å². The summed E-state index contributed by atoms with van der Waals surface area (Å²) in [5.41, 5.74) is 10.5. The molecule has 65 heavy (non-hydrogen) atoms. The van der Waals surface area contributed by atoms with Gasteiger partial charge in [0.1, 0.15) is 5.82 Å². The molecule has 0 unspecified atom stereocenters. The summed E-state index contributed by atoms with van der Waals surface area (Å²) >= 11 is 0. The van der Waals surface area contributed by atoms with Crippen molar-refractivity contribution in [1.82, 2.24) is 18.4 Å². The third-order valence-corrected chi connectivity index (χ3v) is 12.9. The van der Waals surface area contributed by atoms with E-state index in [1.165, 1.54) is 27.4 Å². The molecule has 314 valence electrons. The summed E-state index contributed by atoms with van der Waals surface area (Å²) in [6.07, 6.45) is 5.73. The number of hydrogen-bond acceptors (Lipinski definition) is 2. The van der Waals surface area contributed by atoms with Crippen molar-refractivity contribution in [3.05, 3.63) is 206 Å². The van der Waals surface area contributed by atoms with Gasteiger partial charge in [0.15, 0.2) is 0 Å². The summed E-state index contributed by atoms with van der Waals surface area (Å²) in [4.78, 5) is 4.86. The molecule has 0 aliphatic rings. The molecule has 6 nitrogen and oxygen atoms in total. The zero-order valence-corrected chi connectivity index (χ0v) is 38.1. The average molecular weight is 1020 g/mol. The van der Waals surface area contributed by atoms with Crippen LogP contribution in [0.15, 0.2) is 182 Å². The van der Waals surface area contributed by atoms with E-state index in [1.54, 1.807) is 0 Å². The topological polar surface area (TPSA) is 39.8 Å². The van der Waals surface area contributed by atoms with Crippen LogP contribution in [-0.2, 0) is 26.5 Å². The van der Waals surface area contributed by atoms with Crippen LogP contribution in [0.4, 0.5) is 0 Å². The maximum Gasteiger partial charge on any atom is 0.268 e. The van der Waals surface area contributed by atoms with Crippen LogP contribution in [0.2, 0.25) is 0 Å². The number of hydrogen-bond donors (Lipinski definition) is 0. The molecule has 0 saturated heterocycles. The molecule has 0 N–H and O–H groups in total. The molecule has 0 spiro atoms. The zero-order chi connectivity index (χ0) is 42.7. The van der Waals surface area contributed by atoms with Crippen LogP contribution in [0.3, 0.4) is 0 Å². The molecule has 5 aromatic heterocycles. The van der Waals surface area contributed by atoms with Gasteiger partial charge in [-0.05, 0) is 69.2 Å². The molecule has 8 aromatic carbocycles. The first-order valence-electron chi connectivity index (χ1n) is 21.7. The molecule has 5 heterocycles. The predicted octanol–water partition coefficient (Wildman–Crippen LogP) is 13.8. The molecule has 0 atom stereocenters. The van der Waals surface area contributed by atoms with E-state index in [2.05, 4.69) is 215 Å². The maximum absolute atomic E-state index is 6.68. The average Bonchev–Trinajstić information content (AvgIpc) is 3.99. The van der Waals surface area contributed by atoms with Gasteiger partial charge in [0.25, 0.3) is 6.33 Å². The Morgan fingerprint density at radius 2 is 1.06 bits per heavy atom. The number of fused-ring (bicyclic) bond motifs is 12. The molecular formula is C58H39N5OPt-2. The quantitative estimate of drug-likeness (QED) is 0.130. The van der Waals surface area contributed by atoms with Crippen molar-refractivity contribution in [3.8, 4) is 23.0 Å². The molecule has 0 saturated carbocycles. The number of ether oxygens (including phenoxy) is 1. The number of rotatable bonds is 4. The minimum Gasteiger partial charge on any atom is -0.510 e. The number of para-hydroxylation sites is 6. The van der Waals surface area contributed by atoms with E-state index >= 15 is 0 Å². The number of imidazole rings is 1. The first-order valence-corrected chi connectivity index (χ1v) is 21.7. The van der Waals surface area contributed by atoms with Gasteiger partial charge in [-0.2, -0.15) is 18.2 Å². The van der Waals surface area contributed by atoms with Crippen molar-refractivity contribution in [3.63, 3.8) is 0 Å². The minimum absolute atomic E-state index is 0. The Kier molecular flexibility index (Phi) is 8.88. The van der Waals surface area contributed by atoms with Gasteiger partial charge in [-0.3, -0.25) is 4.40 Å². The van der Waals surface area contributed by atoms with Gasteiger partial charge >= 0.3 is 0 Å². The summed E-state index contributed by atoms with van der Waals surface area (Å²) in [7, 11) is 0. The number of benzene rings is 8. The van der Waals surface area contributed by atoms with Gasteiger partial charge < -0.3 is 18.3 Å². The Labute approximate surface area is 389 Å². The van der Waals surface area contributed by atoms with Gasteiger partial charge in [0, 0.05) is 65.8 Å². The third kappa shape index (κ3) is 5.97. The standard InChI is InChI=1S/C58H39N5O.Pt/c1-58(2,3)37-31-32-59-55(33-37)62-50-25-9-5-17-41(50)45-30-29-40(35-54(45)62)64-39-16-12-15-38(34-39)60-36-61-49-24-8-4-18-42(49)46-21-13-22-47-43-19-6-10-26-51(43)63(56(46)47)52-27-11-7-20-44(52)48-23-14-28-53(60)57(48)61;/h4-33H,1-3H3;/q-2;. The molecule has 0 fully saturated rings. The molecule has 7 heteroatoms. The second-order valence-electron chi connectivity index (χ2n) is 17.6. The maximum atomic E-state index is 6.68. The summed E-state index contributed by atoms with van der Waals surface area (Å²) < 4.78 is 15.7. The van der Waals surface area contributed by atoms with E-state index in [0.717, 1.165) is 76.9 Å². The van der Waals surface area contributed by atoms with Crippen molar-refractivity contribution in [2.45, 2.75) is 26.2 Å². The number of pyridine rings is 1. The number of nitrogens with zero attached hydrogens (tertiary/aromatic N) is 5. The summed E-state index contributed by atoms with van der Waals surface area (Å²) in [5, 5.41) is 9.19. The third-order valence-electron chi connectivity index (χ3n) is 12.9. The molecule has 0 amide bonds. The van der Waals surface area contributed by atoms with Crippen molar-refractivity contribution < 1.29 is 30.4 Å². The molecule has 13 aromatic rings. The summed E-state index contributed by atoms with van der Waals surface area (Å²) in [6.45, 7) is 6.68. The van der Waals surface area contributed by atoms with Crippen LogP contribution >= 0.6 is 0 Å². The first kappa shape index (κ1) is 39.1. The van der Waals surface area contributed by atoms with E-state index in [1.807, 2.05) is 24.4 Å². The second-order valence-corrected chi connectivity index (χ2v) is 17.6. The Bertz CT molecular complexity index is 4110. The Balaban J connectivity index is 0.00000444. The fourth-order valence-electron chi connectivity index (χ4n) is 9.93. The Morgan fingerprint density at radius 1 is 0.508 bits per heavy atom. The van der Waals surface area contributed by atoms with E-state index in [0.29, 0.717) is 11.5 Å². The fourth-order valence-corrected chi connectivity index (χ4v) is 9.93. The molecule has 0 bridgehead atoms. The van der Waals surface area contributed by atoms with Crippen molar-refractivity contribution in [2.75, 3.05) is 0 Å². The van der Waals surface area contributed by atoms with Crippen LogP contribution in [0, 0.1) is 18.5 Å². The molecule has 0 aliphatic carbocycles. The molecule has 0 aliphatic heterocycles. The van der Waals surface area contributed by atoms with Crippen LogP contribution < -0.4 is 9.30 Å². The normalized spacial score (nSPS) is 12.1. The number of aromatic nitrogens is 5. The SMILES string of the molecule is CC(C)(C)c1ccnc(-n2c3[c-]c(Oc4[c-]c(-[n+]5[c-]n6c7ccccc7c7cccc8c9ccccc9n(c9ccccc9c9cccc5c96)c78)ccc4)ccc3c3ccccc32)c1.[Pt]. The van der Waals surface area contributed by atoms with Gasteiger partial charge in [0.2, 0.25) is 0 Å². The van der Waals surface area contributed by atoms with Crippen molar-refractivity contribution in [1.29, 1.82) is 0 Å². The van der Waals surface area contributed by atoms with Crippen LogP contribution in [0.5, 0.6) is 11.5 Å². The summed E-state index contributed by atoms with van der Waals surface area (Å²) in [6, 6.07) is 69.6. The molecule has 13 rings (SSSR count).